The van der Waals surface area contributed by atoms with Crippen molar-refractivity contribution >= 4 is 59.7 Å². The van der Waals surface area contributed by atoms with E-state index in [1.54, 1.807) is 18.2 Å². The Morgan fingerprint density at radius 2 is 1.76 bits per heavy atom. The van der Waals surface area contributed by atoms with E-state index in [9.17, 15) is 29.1 Å². The Labute approximate surface area is 271 Å². The SMILES string of the molecule is CC(=O)CC1(C(=O)O)CC(=O)OB([C@@H](CC(=O)[C@H](Cc2ccc3c(c2)OCCO3)NC(=O)c2cc(Cl)ccc2Cl)CC(C)C)O1. The number of aliphatic carboxylic acids is 1. The van der Waals surface area contributed by atoms with Gasteiger partial charge in [-0.25, -0.2) is 4.79 Å². The molecule has 240 valence electrons. The lowest BCUT2D eigenvalue weighted by Crippen LogP contribution is -2.56. The van der Waals surface area contributed by atoms with Crippen LogP contribution in [0.25, 0.3) is 0 Å². The quantitative estimate of drug-likeness (QED) is 0.288. The molecule has 2 aromatic rings. The van der Waals surface area contributed by atoms with Crippen LogP contribution in [0.2, 0.25) is 15.9 Å². The number of Topliss-reactive ketones (excluding diaryl/α,β-unsaturated/α-hetero) is 2. The van der Waals surface area contributed by atoms with E-state index in [1.165, 1.54) is 25.1 Å². The molecule has 2 heterocycles. The second-order valence-corrected chi connectivity index (χ2v) is 12.6. The van der Waals surface area contributed by atoms with Gasteiger partial charge < -0.3 is 29.2 Å². The molecule has 2 N–H and O–H groups in total. The van der Waals surface area contributed by atoms with Gasteiger partial charge in [0.2, 0.25) is 0 Å². The molecule has 1 unspecified atom stereocenters. The van der Waals surface area contributed by atoms with Gasteiger partial charge in [-0.15, -0.1) is 0 Å². The third kappa shape index (κ3) is 8.77. The number of hydrogen-bond donors (Lipinski definition) is 2. The van der Waals surface area contributed by atoms with Crippen molar-refractivity contribution in [2.24, 2.45) is 5.92 Å². The summed E-state index contributed by atoms with van der Waals surface area (Å²) in [7, 11) is -1.42. The fourth-order valence-corrected chi connectivity index (χ4v) is 5.87. The monoisotopic (exact) mass is 661 g/mol. The topological polar surface area (TPSA) is 155 Å². The molecule has 45 heavy (non-hydrogen) atoms. The van der Waals surface area contributed by atoms with Crippen molar-refractivity contribution in [1.29, 1.82) is 0 Å². The van der Waals surface area contributed by atoms with Crippen LogP contribution in [0, 0.1) is 5.92 Å². The molecule has 0 spiro atoms. The molecule has 14 heteroatoms. The number of carboxylic acids is 1. The molecule has 2 aliphatic heterocycles. The number of amides is 1. The Morgan fingerprint density at radius 3 is 2.42 bits per heavy atom. The van der Waals surface area contributed by atoms with Gasteiger partial charge in [0.25, 0.3) is 11.9 Å². The third-order valence-corrected chi connectivity index (χ3v) is 8.04. The Morgan fingerprint density at radius 1 is 1.04 bits per heavy atom. The molecule has 11 nitrogen and oxygen atoms in total. The first-order valence-electron chi connectivity index (χ1n) is 14.5. The number of nitrogens with one attached hydrogen (secondary N) is 1. The van der Waals surface area contributed by atoms with Crippen LogP contribution in [0.1, 0.15) is 62.4 Å². The van der Waals surface area contributed by atoms with Crippen LogP contribution >= 0.6 is 23.2 Å². The van der Waals surface area contributed by atoms with Gasteiger partial charge in [0.1, 0.15) is 19.0 Å². The van der Waals surface area contributed by atoms with E-state index in [0.717, 1.165) is 0 Å². The van der Waals surface area contributed by atoms with E-state index in [-0.39, 0.29) is 34.4 Å². The van der Waals surface area contributed by atoms with Gasteiger partial charge in [-0.05, 0) is 61.6 Å². The van der Waals surface area contributed by atoms with E-state index in [0.29, 0.717) is 36.7 Å². The molecule has 1 saturated heterocycles. The number of carboxylic acid groups (broad SMARTS) is 1. The lowest BCUT2D eigenvalue weighted by atomic mass is 9.63. The number of ether oxygens (including phenoxy) is 2. The number of hydrogen-bond acceptors (Lipinski definition) is 9. The van der Waals surface area contributed by atoms with Gasteiger partial charge in [-0.3, -0.25) is 19.2 Å². The van der Waals surface area contributed by atoms with Crippen molar-refractivity contribution in [2.45, 2.75) is 70.3 Å². The van der Waals surface area contributed by atoms with Crippen LogP contribution in [0.15, 0.2) is 36.4 Å². The number of halogens is 2. The summed E-state index contributed by atoms with van der Waals surface area (Å²) in [6, 6.07) is 8.51. The first-order chi connectivity index (χ1) is 21.3. The van der Waals surface area contributed by atoms with Gasteiger partial charge in [0.05, 0.1) is 23.0 Å². The van der Waals surface area contributed by atoms with Crippen LogP contribution in [0.5, 0.6) is 11.5 Å². The van der Waals surface area contributed by atoms with E-state index in [2.05, 4.69) is 5.32 Å². The highest BCUT2D eigenvalue weighted by molar-refractivity contribution is 6.50. The average molecular weight is 662 g/mol. The Kier molecular flexibility index (Phi) is 11.2. The zero-order valence-corrected chi connectivity index (χ0v) is 26.6. The van der Waals surface area contributed by atoms with E-state index in [4.69, 9.17) is 42.0 Å². The summed E-state index contributed by atoms with van der Waals surface area (Å²) in [6.45, 7) is 5.75. The maximum Gasteiger partial charge on any atom is 0.531 e. The summed E-state index contributed by atoms with van der Waals surface area (Å²) >= 11 is 12.4. The third-order valence-electron chi connectivity index (χ3n) is 7.48. The number of fused-ring (bicyclic) bond motifs is 1. The maximum atomic E-state index is 14.0. The van der Waals surface area contributed by atoms with Crippen LogP contribution in [-0.2, 0) is 34.9 Å². The van der Waals surface area contributed by atoms with Gasteiger partial charge >= 0.3 is 13.1 Å². The van der Waals surface area contributed by atoms with E-state index >= 15 is 0 Å². The fraction of sp³-hybridized carbons (Fsp3) is 0.452. The van der Waals surface area contributed by atoms with Crippen LogP contribution in [0.3, 0.4) is 0 Å². The summed E-state index contributed by atoms with van der Waals surface area (Å²) in [6.07, 6.45) is -1.07. The number of carbonyl (C=O) groups is 5. The fourth-order valence-electron chi connectivity index (χ4n) is 5.49. The lowest BCUT2D eigenvalue weighted by molar-refractivity contribution is -0.172. The minimum absolute atomic E-state index is 0.0184. The summed E-state index contributed by atoms with van der Waals surface area (Å²) in [4.78, 5) is 64.3. The molecule has 2 aliphatic rings. The van der Waals surface area contributed by atoms with Gasteiger partial charge in [0, 0.05) is 23.7 Å². The normalized spacial score (nSPS) is 19.0. The molecule has 0 aliphatic carbocycles. The molecule has 2 aromatic carbocycles. The maximum absolute atomic E-state index is 14.0. The summed E-state index contributed by atoms with van der Waals surface area (Å²) in [5.74, 6) is -3.62. The van der Waals surface area contributed by atoms with Gasteiger partial charge in [-0.2, -0.15) is 0 Å². The minimum atomic E-state index is -2.12. The number of rotatable bonds is 13. The highest BCUT2D eigenvalue weighted by atomic mass is 35.5. The second kappa shape index (κ2) is 14.7. The second-order valence-electron chi connectivity index (χ2n) is 11.7. The summed E-state index contributed by atoms with van der Waals surface area (Å²) in [5, 5.41) is 13.2. The Bertz CT molecular complexity index is 1480. The largest absolute Gasteiger partial charge is 0.531 e. The molecule has 0 radical (unpaired) electrons. The van der Waals surface area contributed by atoms with E-state index in [1.807, 2.05) is 13.8 Å². The van der Waals surface area contributed by atoms with Gasteiger partial charge in [0.15, 0.2) is 22.9 Å². The zero-order valence-electron chi connectivity index (χ0n) is 25.1. The number of ketones is 2. The molecule has 1 fully saturated rings. The smallest absolute Gasteiger partial charge is 0.509 e. The highest BCUT2D eigenvalue weighted by Crippen LogP contribution is 2.37. The molecule has 0 saturated carbocycles. The zero-order chi connectivity index (χ0) is 32.9. The van der Waals surface area contributed by atoms with Crippen molar-refractivity contribution < 1.29 is 47.9 Å². The average Bonchev–Trinajstić information content (AvgIpc) is 2.96. The number of benzene rings is 2. The minimum Gasteiger partial charge on any atom is -0.509 e. The summed E-state index contributed by atoms with van der Waals surface area (Å²) in [5.41, 5.74) is -1.38. The molecule has 4 rings (SSSR count). The Balaban J connectivity index is 1.64. The highest BCUT2D eigenvalue weighted by Gasteiger charge is 2.54. The summed E-state index contributed by atoms with van der Waals surface area (Å²) < 4.78 is 22.6. The van der Waals surface area contributed by atoms with Crippen LogP contribution < -0.4 is 14.8 Å². The molecular weight excluding hydrogens is 628 g/mol. The standard InChI is InChI=1S/C31H34BCl2NO10/c1-17(2)10-20(32-44-28(38)16-31(45-32,30(40)41)15-18(3)36)13-25(37)24(35-29(39)22-14-21(33)5-6-23(22)34)11-19-4-7-26-27(12-19)43-9-8-42-26/h4-7,12,14,17,20,24H,8-11,13,15-16H2,1-3H3,(H,35,39)(H,40,41)/t20-,24+,31?/m1/s1. The van der Waals surface area contributed by atoms with Crippen molar-refractivity contribution in [3.05, 3.63) is 57.6 Å². The molecule has 0 bridgehead atoms. The molecule has 3 atom stereocenters. The first-order valence-corrected chi connectivity index (χ1v) is 15.3. The number of carbonyl (C=O) groups excluding carboxylic acids is 4. The van der Waals surface area contributed by atoms with Crippen molar-refractivity contribution in [2.75, 3.05) is 13.2 Å². The lowest BCUT2D eigenvalue weighted by Gasteiger charge is -2.38. The molecule has 0 aromatic heterocycles. The van der Waals surface area contributed by atoms with Crippen molar-refractivity contribution in [1.82, 2.24) is 5.32 Å². The Hall–Kier alpha value is -3.61. The predicted molar refractivity (Wildman–Crippen MR) is 165 cm³/mol. The van der Waals surface area contributed by atoms with Crippen molar-refractivity contribution in [3.63, 3.8) is 0 Å². The molecular formula is C31H34BCl2NO10. The first kappa shape index (κ1) is 34.3. The predicted octanol–water partition coefficient (Wildman–Crippen LogP) is 4.74. The van der Waals surface area contributed by atoms with Gasteiger partial charge in [-0.1, -0.05) is 43.1 Å². The van der Waals surface area contributed by atoms with Crippen LogP contribution in [-0.4, -0.2) is 66.5 Å². The van der Waals surface area contributed by atoms with Crippen molar-refractivity contribution in [3.8, 4) is 11.5 Å². The van der Waals surface area contributed by atoms with E-state index < -0.39 is 66.8 Å². The molecule has 1 amide bonds. The van der Waals surface area contributed by atoms with Crippen LogP contribution in [0.4, 0.5) is 0 Å².